The Balaban J connectivity index is 0.00000364. The summed E-state index contributed by atoms with van der Waals surface area (Å²) in [6.07, 6.45) is 9.76. The lowest BCUT2D eigenvalue weighted by Gasteiger charge is -2.33. The minimum absolute atomic E-state index is 0. The topological polar surface area (TPSA) is 68.8 Å². The summed E-state index contributed by atoms with van der Waals surface area (Å²) in [6, 6.07) is 0.442. The second-order valence-electron chi connectivity index (χ2n) is 8.03. The van der Waals surface area contributed by atoms with Crippen molar-refractivity contribution in [2.24, 2.45) is 10.4 Å². The molecule has 0 aromatic heterocycles. The van der Waals surface area contributed by atoms with Gasteiger partial charge in [0.15, 0.2) is 5.96 Å². The second-order valence-corrected chi connectivity index (χ2v) is 8.03. The minimum Gasteiger partial charge on any atom is -0.356 e. The molecule has 1 saturated carbocycles. The molecule has 6 nitrogen and oxygen atoms in total. The van der Waals surface area contributed by atoms with Crippen molar-refractivity contribution in [2.45, 2.75) is 71.3 Å². The molecule has 2 aliphatic rings. The van der Waals surface area contributed by atoms with Gasteiger partial charge in [-0.25, -0.2) is 0 Å². The molecule has 0 bridgehead atoms. The third kappa shape index (κ3) is 8.13. The highest BCUT2D eigenvalue weighted by Crippen LogP contribution is 2.40. The summed E-state index contributed by atoms with van der Waals surface area (Å²) in [4.78, 5) is 18.5. The van der Waals surface area contributed by atoms with Crippen LogP contribution < -0.4 is 16.0 Å². The maximum absolute atomic E-state index is 11.8. The number of nitrogens with one attached hydrogen (secondary N) is 3. The van der Waals surface area contributed by atoms with Gasteiger partial charge in [-0.1, -0.05) is 26.7 Å². The summed E-state index contributed by atoms with van der Waals surface area (Å²) < 4.78 is 0. The van der Waals surface area contributed by atoms with Crippen LogP contribution >= 0.6 is 24.0 Å². The first-order chi connectivity index (χ1) is 12.6. The van der Waals surface area contributed by atoms with Gasteiger partial charge < -0.3 is 16.0 Å². The van der Waals surface area contributed by atoms with Crippen LogP contribution in [0.1, 0.15) is 65.2 Å². The number of rotatable bonds is 8. The maximum Gasteiger partial charge on any atom is 0.234 e. The van der Waals surface area contributed by atoms with Crippen molar-refractivity contribution in [1.82, 2.24) is 20.9 Å². The van der Waals surface area contributed by atoms with E-state index >= 15 is 0 Å². The minimum atomic E-state index is 0. The lowest BCUT2D eigenvalue weighted by Crippen LogP contribution is -2.51. The molecule has 3 N–H and O–H groups in total. The molecule has 158 valence electrons. The number of hydrogen-bond donors (Lipinski definition) is 3. The van der Waals surface area contributed by atoms with Gasteiger partial charge in [0.2, 0.25) is 5.91 Å². The van der Waals surface area contributed by atoms with Gasteiger partial charge in [-0.2, -0.15) is 0 Å². The number of hydrogen-bond acceptors (Lipinski definition) is 3. The van der Waals surface area contributed by atoms with Crippen LogP contribution in [0, 0.1) is 5.41 Å². The van der Waals surface area contributed by atoms with Crippen molar-refractivity contribution < 1.29 is 4.79 Å². The van der Waals surface area contributed by atoms with Gasteiger partial charge in [0.1, 0.15) is 0 Å². The lowest BCUT2D eigenvalue weighted by molar-refractivity contribution is -0.122. The molecule has 1 aliphatic heterocycles. The van der Waals surface area contributed by atoms with Crippen LogP contribution in [0.25, 0.3) is 0 Å². The average Bonchev–Trinajstić information content (AvgIpc) is 3.14. The number of halogens is 1. The first kappa shape index (κ1) is 24.5. The number of amides is 1. The SMILES string of the molecule is CCCNC(=O)CN1CCC(NC(=NC)NCC2(CC)CCCC2)CC1.I. The van der Waals surface area contributed by atoms with Gasteiger partial charge in [0.25, 0.3) is 0 Å². The lowest BCUT2D eigenvalue weighted by atomic mass is 9.83. The van der Waals surface area contributed by atoms with Crippen molar-refractivity contribution in [3.05, 3.63) is 0 Å². The number of likely N-dealkylation sites (tertiary alicyclic amines) is 1. The third-order valence-corrected chi connectivity index (χ3v) is 6.14. The van der Waals surface area contributed by atoms with E-state index in [1.54, 1.807) is 0 Å². The average molecular weight is 493 g/mol. The molecule has 2 rings (SSSR count). The standard InChI is InChI=1S/C20H39N5O.HI/c1-4-12-22-18(26)15-25-13-8-17(9-14-25)24-19(21-3)23-16-20(5-2)10-6-7-11-20;/h17H,4-16H2,1-3H3,(H,22,26)(H2,21,23,24);1H. The van der Waals surface area contributed by atoms with E-state index in [4.69, 9.17) is 0 Å². The van der Waals surface area contributed by atoms with Gasteiger partial charge in [-0.3, -0.25) is 14.7 Å². The van der Waals surface area contributed by atoms with Gasteiger partial charge in [0, 0.05) is 39.3 Å². The Bertz CT molecular complexity index is 457. The van der Waals surface area contributed by atoms with Crippen LogP contribution in [-0.4, -0.2) is 62.6 Å². The number of guanidine groups is 1. The number of nitrogens with zero attached hydrogens (tertiary/aromatic N) is 2. The van der Waals surface area contributed by atoms with Gasteiger partial charge in [0.05, 0.1) is 6.54 Å². The predicted molar refractivity (Wildman–Crippen MR) is 124 cm³/mol. The largest absolute Gasteiger partial charge is 0.356 e. The first-order valence-electron chi connectivity index (χ1n) is 10.6. The highest BCUT2D eigenvalue weighted by molar-refractivity contribution is 14.0. The fraction of sp³-hybridized carbons (Fsp3) is 0.900. The van der Waals surface area contributed by atoms with Crippen LogP contribution in [0.15, 0.2) is 4.99 Å². The normalized spacial score (nSPS) is 20.8. The highest BCUT2D eigenvalue weighted by atomic mass is 127. The predicted octanol–water partition coefficient (Wildman–Crippen LogP) is 2.73. The number of aliphatic imine (C=N–C) groups is 1. The van der Waals surface area contributed by atoms with E-state index in [1.165, 1.54) is 32.1 Å². The van der Waals surface area contributed by atoms with E-state index in [0.717, 1.165) is 51.4 Å². The van der Waals surface area contributed by atoms with Crippen molar-refractivity contribution in [3.63, 3.8) is 0 Å². The first-order valence-corrected chi connectivity index (χ1v) is 10.6. The van der Waals surface area contributed by atoms with Crippen molar-refractivity contribution >= 4 is 35.8 Å². The summed E-state index contributed by atoms with van der Waals surface area (Å²) in [5.74, 6) is 1.08. The molecule has 1 saturated heterocycles. The van der Waals surface area contributed by atoms with Crippen LogP contribution in [0.5, 0.6) is 0 Å². The quantitative estimate of drug-likeness (QED) is 0.276. The molecular weight excluding hydrogens is 453 g/mol. The van der Waals surface area contributed by atoms with Crippen LogP contribution in [0.3, 0.4) is 0 Å². The molecule has 7 heteroatoms. The Morgan fingerprint density at radius 2 is 1.81 bits per heavy atom. The summed E-state index contributed by atoms with van der Waals surface area (Å²) in [5, 5.41) is 10.1. The van der Waals surface area contributed by atoms with Crippen LogP contribution in [0.2, 0.25) is 0 Å². The summed E-state index contributed by atoms with van der Waals surface area (Å²) in [7, 11) is 1.86. The zero-order valence-electron chi connectivity index (χ0n) is 17.5. The monoisotopic (exact) mass is 493 g/mol. The molecule has 1 amide bonds. The van der Waals surface area contributed by atoms with Gasteiger partial charge >= 0.3 is 0 Å². The van der Waals surface area contributed by atoms with Crippen molar-refractivity contribution in [2.75, 3.05) is 39.8 Å². The van der Waals surface area contributed by atoms with Gasteiger partial charge in [-0.15, -0.1) is 24.0 Å². The zero-order chi connectivity index (χ0) is 18.8. The Labute approximate surface area is 182 Å². The third-order valence-electron chi connectivity index (χ3n) is 6.14. The van der Waals surface area contributed by atoms with Crippen LogP contribution in [-0.2, 0) is 4.79 Å². The fourth-order valence-electron chi connectivity index (χ4n) is 4.20. The smallest absolute Gasteiger partial charge is 0.234 e. The van der Waals surface area contributed by atoms with E-state index in [0.29, 0.717) is 18.0 Å². The molecule has 0 atom stereocenters. The Morgan fingerprint density at radius 1 is 1.15 bits per heavy atom. The Hall–Kier alpha value is -0.570. The summed E-state index contributed by atoms with van der Waals surface area (Å²) in [5.41, 5.74) is 0.465. The maximum atomic E-state index is 11.8. The van der Waals surface area contributed by atoms with Crippen molar-refractivity contribution in [1.29, 1.82) is 0 Å². The number of piperidine rings is 1. The van der Waals surface area contributed by atoms with Gasteiger partial charge in [-0.05, 0) is 43.9 Å². The summed E-state index contributed by atoms with van der Waals surface area (Å²) >= 11 is 0. The molecule has 0 radical (unpaired) electrons. The molecule has 27 heavy (non-hydrogen) atoms. The van der Waals surface area contributed by atoms with Crippen molar-refractivity contribution in [3.8, 4) is 0 Å². The second kappa shape index (κ2) is 12.8. The molecular formula is C20H40IN5O. The molecule has 0 aromatic rings. The summed E-state index contributed by atoms with van der Waals surface area (Å²) in [6.45, 7) is 8.65. The number of carbonyl (C=O) groups is 1. The molecule has 0 unspecified atom stereocenters. The Kier molecular flexibility index (Phi) is 11.6. The van der Waals surface area contributed by atoms with E-state index in [-0.39, 0.29) is 29.9 Å². The molecule has 0 aromatic carbocycles. The molecule has 1 aliphatic carbocycles. The fourth-order valence-corrected chi connectivity index (χ4v) is 4.20. The zero-order valence-corrected chi connectivity index (χ0v) is 19.8. The molecule has 0 spiro atoms. The molecule has 1 heterocycles. The number of carbonyl (C=O) groups excluding carboxylic acids is 1. The van der Waals surface area contributed by atoms with E-state index in [1.807, 2.05) is 7.05 Å². The van der Waals surface area contributed by atoms with E-state index in [9.17, 15) is 4.79 Å². The molecule has 2 fully saturated rings. The highest BCUT2D eigenvalue weighted by Gasteiger charge is 2.32. The van der Waals surface area contributed by atoms with E-state index in [2.05, 4.69) is 39.7 Å². The Morgan fingerprint density at radius 3 is 2.37 bits per heavy atom. The van der Waals surface area contributed by atoms with Crippen LogP contribution in [0.4, 0.5) is 0 Å². The van der Waals surface area contributed by atoms with E-state index < -0.39 is 0 Å².